The molecule has 0 spiro atoms. The fraction of sp³-hybridized carbons (Fsp3) is 1.00. The van der Waals surface area contributed by atoms with Gasteiger partial charge in [-0.1, -0.05) is 6.92 Å². The maximum Gasteiger partial charge on any atom is 0.581 e. The van der Waals surface area contributed by atoms with Crippen LogP contribution in [0.3, 0.4) is 0 Å². The third-order valence-corrected chi connectivity index (χ3v) is 7.03. The molecule has 0 heterocycles. The van der Waals surface area contributed by atoms with E-state index in [2.05, 4.69) is 13.3 Å². The smallest absolute Gasteiger partial charge is 0.373 e. The molecule has 0 radical (unpaired) electrons. The molecule has 1 atom stereocenters. The second-order valence-electron chi connectivity index (χ2n) is 6.11. The second kappa shape index (κ2) is 8.68. The van der Waals surface area contributed by atoms with E-state index in [4.69, 9.17) is 0 Å². The summed E-state index contributed by atoms with van der Waals surface area (Å²) in [5, 5.41) is 0. The summed E-state index contributed by atoms with van der Waals surface area (Å²) in [7, 11) is -6.24. The van der Waals surface area contributed by atoms with Gasteiger partial charge in [-0.25, -0.2) is 4.39 Å². The van der Waals surface area contributed by atoms with Gasteiger partial charge in [-0.2, -0.15) is 61.5 Å². The van der Waals surface area contributed by atoms with E-state index in [1.807, 2.05) is 0 Å². The lowest BCUT2D eigenvalue weighted by molar-refractivity contribution is -0.441. The molecule has 0 N–H and O–H groups in total. The average Bonchev–Trinajstić information content (AvgIpc) is 2.67. The molecule has 0 aromatic rings. The summed E-state index contributed by atoms with van der Waals surface area (Å²) in [5.74, 6) is -47.0. The average molecular weight is 532 g/mol. The molecule has 0 aliphatic heterocycles. The molecule has 0 fully saturated rings. The predicted octanol–water partition coefficient (Wildman–Crippen LogP) is 5.60. The third kappa shape index (κ3) is 3.66. The van der Waals surface area contributed by atoms with Crippen molar-refractivity contribution in [3.8, 4) is 0 Å². The van der Waals surface area contributed by atoms with Crippen LogP contribution in [0.4, 0.5) is 65.9 Å². The molecular formula is C13H15F15O3Si. The first kappa shape index (κ1) is 31.0. The Hall–Kier alpha value is -0.953. The fourth-order valence-electron chi connectivity index (χ4n) is 2.28. The van der Waals surface area contributed by atoms with Crippen LogP contribution in [-0.4, -0.2) is 77.4 Å². The highest BCUT2D eigenvalue weighted by Gasteiger charge is 2.96. The Balaban J connectivity index is 6.91. The van der Waals surface area contributed by atoms with Crippen LogP contribution < -0.4 is 0 Å². The van der Waals surface area contributed by atoms with E-state index in [9.17, 15) is 65.9 Å². The van der Waals surface area contributed by atoms with E-state index in [0.29, 0.717) is 6.92 Å². The Kier molecular flexibility index (Phi) is 8.42. The third-order valence-electron chi connectivity index (χ3n) is 4.33. The van der Waals surface area contributed by atoms with E-state index in [0.717, 1.165) is 0 Å². The van der Waals surface area contributed by atoms with Crippen molar-refractivity contribution in [1.29, 1.82) is 0 Å². The van der Waals surface area contributed by atoms with Crippen molar-refractivity contribution < 1.29 is 79.1 Å². The van der Waals surface area contributed by atoms with Crippen molar-refractivity contribution in [3.63, 3.8) is 0 Å². The summed E-state index contributed by atoms with van der Waals surface area (Å²) in [6.45, 7) is 0.332. The molecule has 0 saturated heterocycles. The standard InChI is InChI=1S/C13H15F15O3Si/c1-5-6(14)7(15,16)8(17,18)9(19,20)10(21,22)11(23,24)12(25,26)13(27,28)32(29-2,30-3)31-4/h6H,5H2,1-4H3. The second-order valence-corrected chi connectivity index (χ2v) is 9.08. The summed E-state index contributed by atoms with van der Waals surface area (Å²) >= 11 is 0. The molecule has 0 saturated carbocycles. The van der Waals surface area contributed by atoms with E-state index >= 15 is 0 Å². The Bertz CT molecular complexity index is 642. The van der Waals surface area contributed by atoms with Crippen molar-refractivity contribution in [2.75, 3.05) is 21.3 Å². The number of alkyl halides is 15. The Morgan fingerprint density at radius 2 is 0.844 bits per heavy atom. The Morgan fingerprint density at radius 3 is 1.12 bits per heavy atom. The summed E-state index contributed by atoms with van der Waals surface area (Å²) < 4.78 is 216. The van der Waals surface area contributed by atoms with Crippen LogP contribution in [0, 0.1) is 0 Å². The zero-order chi connectivity index (χ0) is 26.4. The van der Waals surface area contributed by atoms with Gasteiger partial charge in [0.15, 0.2) is 6.17 Å². The fourth-order valence-corrected chi connectivity index (χ4v) is 4.09. The molecule has 0 bridgehead atoms. The lowest BCUT2D eigenvalue weighted by Gasteiger charge is -2.44. The molecule has 0 aliphatic rings. The van der Waals surface area contributed by atoms with Gasteiger partial charge >= 0.3 is 49.9 Å². The Labute approximate surface area is 171 Å². The van der Waals surface area contributed by atoms with E-state index < -0.39 is 62.5 Å². The van der Waals surface area contributed by atoms with Gasteiger partial charge in [-0.3, -0.25) is 0 Å². The quantitative estimate of drug-likeness (QED) is 0.242. The molecule has 0 aliphatic carbocycles. The first-order valence-corrected chi connectivity index (χ1v) is 9.58. The lowest BCUT2D eigenvalue weighted by Crippen LogP contribution is -2.78. The minimum Gasteiger partial charge on any atom is -0.373 e. The monoisotopic (exact) mass is 532 g/mol. The van der Waals surface area contributed by atoms with Gasteiger partial charge in [0.2, 0.25) is 0 Å². The predicted molar refractivity (Wildman–Crippen MR) is 76.6 cm³/mol. The molecule has 0 amide bonds. The van der Waals surface area contributed by atoms with Crippen LogP contribution in [0.15, 0.2) is 0 Å². The van der Waals surface area contributed by atoms with Crippen LogP contribution in [0.25, 0.3) is 0 Å². The van der Waals surface area contributed by atoms with Crippen LogP contribution in [-0.2, 0) is 13.3 Å². The molecular weight excluding hydrogens is 517 g/mol. The minimum absolute atomic E-state index is 0.0783. The Morgan fingerprint density at radius 1 is 0.562 bits per heavy atom. The van der Waals surface area contributed by atoms with Gasteiger partial charge in [-0.15, -0.1) is 0 Å². The molecule has 0 aromatic heterocycles. The summed E-state index contributed by atoms with van der Waals surface area (Å²) in [6.07, 6.45) is -6.08. The van der Waals surface area contributed by atoms with Crippen LogP contribution >= 0.6 is 0 Å². The van der Waals surface area contributed by atoms with Crippen molar-refractivity contribution in [2.24, 2.45) is 0 Å². The SMILES string of the molecule is CCC(F)C(F)(F)C(F)(F)C(F)(F)C(F)(F)C(F)(F)C(F)(F)C(F)(F)[Si](OC)(OC)OC. The topological polar surface area (TPSA) is 27.7 Å². The highest BCUT2D eigenvalue weighted by atomic mass is 28.4. The van der Waals surface area contributed by atoms with Gasteiger partial charge in [0.05, 0.1) is 0 Å². The van der Waals surface area contributed by atoms with Crippen molar-refractivity contribution in [1.82, 2.24) is 0 Å². The van der Waals surface area contributed by atoms with Crippen LogP contribution in [0.2, 0.25) is 0 Å². The molecule has 0 rings (SSSR count). The normalized spacial score (nSPS) is 17.0. The highest BCUT2D eigenvalue weighted by molar-refractivity contribution is 6.63. The number of rotatable bonds is 12. The molecule has 32 heavy (non-hydrogen) atoms. The maximum atomic E-state index is 14.1. The first-order chi connectivity index (χ1) is 13.9. The highest BCUT2D eigenvalue weighted by Crippen LogP contribution is 2.63. The van der Waals surface area contributed by atoms with Crippen molar-refractivity contribution in [3.05, 3.63) is 0 Å². The van der Waals surface area contributed by atoms with E-state index in [-0.39, 0.29) is 21.3 Å². The zero-order valence-electron chi connectivity index (χ0n) is 16.2. The van der Waals surface area contributed by atoms with Crippen molar-refractivity contribution >= 4 is 8.80 Å². The summed E-state index contributed by atoms with van der Waals surface area (Å²) in [4.78, 5) is 0. The summed E-state index contributed by atoms with van der Waals surface area (Å²) in [6, 6.07) is 0. The van der Waals surface area contributed by atoms with Gasteiger partial charge in [-0.05, 0) is 6.42 Å². The molecule has 3 nitrogen and oxygen atoms in total. The molecule has 1 unspecified atom stereocenters. The maximum absolute atomic E-state index is 14.1. The molecule has 0 aromatic carbocycles. The van der Waals surface area contributed by atoms with Gasteiger partial charge in [0.25, 0.3) is 0 Å². The van der Waals surface area contributed by atoms with Gasteiger partial charge in [0.1, 0.15) is 0 Å². The van der Waals surface area contributed by atoms with Gasteiger partial charge < -0.3 is 13.3 Å². The van der Waals surface area contributed by atoms with Crippen LogP contribution in [0.1, 0.15) is 13.3 Å². The molecule has 194 valence electrons. The molecule has 19 heteroatoms. The largest absolute Gasteiger partial charge is 0.581 e. The minimum atomic E-state index is -8.32. The van der Waals surface area contributed by atoms with E-state index in [1.54, 1.807) is 0 Å². The summed E-state index contributed by atoms with van der Waals surface area (Å²) in [5.41, 5.74) is -6.72. The lowest BCUT2D eigenvalue weighted by atomic mass is 9.89. The van der Waals surface area contributed by atoms with Crippen LogP contribution in [0.5, 0.6) is 0 Å². The van der Waals surface area contributed by atoms with E-state index in [1.165, 1.54) is 0 Å². The number of hydrogen-bond acceptors (Lipinski definition) is 3. The van der Waals surface area contributed by atoms with Crippen molar-refractivity contribution in [2.45, 2.75) is 60.6 Å². The zero-order valence-corrected chi connectivity index (χ0v) is 17.2. The first-order valence-electron chi connectivity index (χ1n) is 7.86. The number of hydrogen-bond donors (Lipinski definition) is 0. The van der Waals surface area contributed by atoms with Gasteiger partial charge in [0, 0.05) is 21.3 Å². The number of halogens is 15.